The number of benzene rings is 1. The minimum atomic E-state index is -0.131. The number of para-hydroxylation sites is 1. The van der Waals surface area contributed by atoms with Crippen molar-refractivity contribution in [1.82, 2.24) is 4.90 Å². The molecule has 2 unspecified atom stereocenters. The molecule has 4 rings (SSSR count). The number of hydrogen-bond donors (Lipinski definition) is 0. The molecule has 1 heterocycles. The van der Waals surface area contributed by atoms with Gasteiger partial charge in [0.05, 0.1) is 19.0 Å². The van der Waals surface area contributed by atoms with Gasteiger partial charge in [0.1, 0.15) is 11.5 Å². The second kappa shape index (κ2) is 9.38. The molecule has 2 amide bonds. The summed E-state index contributed by atoms with van der Waals surface area (Å²) >= 11 is 0. The van der Waals surface area contributed by atoms with E-state index < -0.39 is 0 Å². The first-order valence-corrected chi connectivity index (χ1v) is 11.2. The summed E-state index contributed by atoms with van der Waals surface area (Å²) in [5, 5.41) is 8.94. The second-order valence-corrected chi connectivity index (χ2v) is 8.67. The smallest absolute Gasteiger partial charge is 0.227 e. The van der Waals surface area contributed by atoms with Crippen molar-refractivity contribution < 1.29 is 14.0 Å². The number of nitrogens with zero attached hydrogens (tertiary/aromatic N) is 3. The van der Waals surface area contributed by atoms with Crippen LogP contribution in [-0.2, 0) is 16.1 Å². The molecule has 1 aromatic carbocycles. The van der Waals surface area contributed by atoms with Gasteiger partial charge in [0.15, 0.2) is 0 Å². The Hall–Kier alpha value is -3.07. The Morgan fingerprint density at radius 1 is 1.10 bits per heavy atom. The first-order chi connectivity index (χ1) is 15.1. The summed E-state index contributed by atoms with van der Waals surface area (Å²) in [4.78, 5) is 29.3. The highest BCUT2D eigenvalue weighted by molar-refractivity contribution is 5.95. The van der Waals surface area contributed by atoms with Crippen LogP contribution in [0.2, 0.25) is 0 Å². The zero-order valence-electron chi connectivity index (χ0n) is 18.0. The molecule has 0 saturated heterocycles. The lowest BCUT2D eigenvalue weighted by Gasteiger charge is -2.24. The number of rotatable bonds is 10. The van der Waals surface area contributed by atoms with Crippen LogP contribution in [0, 0.1) is 17.2 Å². The van der Waals surface area contributed by atoms with E-state index in [-0.39, 0.29) is 37.1 Å². The van der Waals surface area contributed by atoms with Gasteiger partial charge < -0.3 is 14.2 Å². The highest BCUT2D eigenvalue weighted by Gasteiger charge is 2.37. The number of furan rings is 1. The molecular formula is C25H29N3O3. The van der Waals surface area contributed by atoms with Crippen LogP contribution in [0.1, 0.15) is 62.9 Å². The average molecular weight is 420 g/mol. The molecule has 2 saturated carbocycles. The van der Waals surface area contributed by atoms with E-state index in [2.05, 4.69) is 13.0 Å². The summed E-state index contributed by atoms with van der Waals surface area (Å²) in [6.45, 7) is 3.02. The number of amides is 2. The van der Waals surface area contributed by atoms with Crippen molar-refractivity contribution in [2.75, 3.05) is 11.4 Å². The van der Waals surface area contributed by atoms with Crippen molar-refractivity contribution in [2.45, 2.75) is 64.0 Å². The lowest BCUT2D eigenvalue weighted by molar-refractivity contribution is -0.134. The van der Waals surface area contributed by atoms with Crippen LogP contribution in [0.25, 0.3) is 0 Å². The van der Waals surface area contributed by atoms with E-state index >= 15 is 0 Å². The molecule has 31 heavy (non-hydrogen) atoms. The van der Waals surface area contributed by atoms with Gasteiger partial charge in [-0.1, -0.05) is 25.1 Å². The van der Waals surface area contributed by atoms with Gasteiger partial charge in [-0.2, -0.15) is 5.26 Å². The normalized spacial score (nSPS) is 19.5. The third kappa shape index (κ3) is 5.35. The summed E-state index contributed by atoms with van der Waals surface area (Å²) < 4.78 is 6.00. The standard InChI is InChI=1S/C25H29N3O3/c1-18-16-22(18)23-11-10-21(31-23)17-28(20-8-9-20)25(30)13-12-24(29)27(15-5-14-26)19-6-3-2-4-7-19/h2-4,6-7,10-11,18,20,22H,5,8-9,12-13,15-17H2,1H3. The third-order valence-electron chi connectivity index (χ3n) is 6.16. The van der Waals surface area contributed by atoms with Crippen LogP contribution in [0.5, 0.6) is 0 Å². The molecule has 0 radical (unpaired) electrons. The van der Waals surface area contributed by atoms with Gasteiger partial charge in [-0.05, 0) is 49.4 Å². The molecule has 6 nitrogen and oxygen atoms in total. The molecule has 0 spiro atoms. The Morgan fingerprint density at radius 3 is 2.45 bits per heavy atom. The fraction of sp³-hybridized carbons (Fsp3) is 0.480. The topological polar surface area (TPSA) is 77.5 Å². The van der Waals surface area contributed by atoms with Crippen molar-refractivity contribution in [1.29, 1.82) is 5.26 Å². The number of anilines is 1. The molecule has 162 valence electrons. The zero-order chi connectivity index (χ0) is 21.8. The van der Waals surface area contributed by atoms with E-state index in [9.17, 15) is 9.59 Å². The first kappa shape index (κ1) is 21.2. The maximum atomic E-state index is 13.0. The van der Waals surface area contributed by atoms with Gasteiger partial charge in [-0.3, -0.25) is 9.59 Å². The summed E-state index contributed by atoms with van der Waals surface area (Å²) in [6, 6.07) is 15.7. The molecule has 2 aromatic rings. The summed E-state index contributed by atoms with van der Waals surface area (Å²) in [5.41, 5.74) is 0.756. The fourth-order valence-electron chi connectivity index (χ4n) is 4.03. The van der Waals surface area contributed by atoms with Crippen molar-refractivity contribution in [2.24, 2.45) is 5.92 Å². The Balaban J connectivity index is 1.35. The number of nitriles is 1. The van der Waals surface area contributed by atoms with Crippen LogP contribution in [-0.4, -0.2) is 29.3 Å². The van der Waals surface area contributed by atoms with Gasteiger partial charge in [-0.15, -0.1) is 0 Å². The summed E-state index contributed by atoms with van der Waals surface area (Å²) in [7, 11) is 0. The van der Waals surface area contributed by atoms with Crippen LogP contribution in [0.4, 0.5) is 5.69 Å². The Labute approximate surface area is 183 Å². The molecule has 1 aromatic heterocycles. The maximum absolute atomic E-state index is 13.0. The van der Waals surface area contributed by atoms with Crippen LogP contribution in [0.15, 0.2) is 46.9 Å². The van der Waals surface area contributed by atoms with E-state index in [4.69, 9.17) is 9.68 Å². The average Bonchev–Trinajstić information content (AvgIpc) is 3.70. The fourth-order valence-corrected chi connectivity index (χ4v) is 4.03. The number of carbonyl (C=O) groups excluding carboxylic acids is 2. The highest BCUT2D eigenvalue weighted by atomic mass is 16.3. The van der Waals surface area contributed by atoms with E-state index in [0.29, 0.717) is 24.9 Å². The summed E-state index contributed by atoms with van der Waals surface area (Å²) in [6.07, 6.45) is 3.73. The van der Waals surface area contributed by atoms with Crippen LogP contribution < -0.4 is 4.90 Å². The lowest BCUT2D eigenvalue weighted by atomic mass is 10.2. The quantitative estimate of drug-likeness (QED) is 0.563. The Bertz CT molecular complexity index is 958. The zero-order valence-corrected chi connectivity index (χ0v) is 18.0. The summed E-state index contributed by atoms with van der Waals surface area (Å²) in [5.74, 6) is 2.90. The van der Waals surface area contributed by atoms with Crippen molar-refractivity contribution in [3.63, 3.8) is 0 Å². The predicted octanol–water partition coefficient (Wildman–Crippen LogP) is 4.62. The minimum Gasteiger partial charge on any atom is -0.464 e. The van der Waals surface area contributed by atoms with Gasteiger partial charge in [0, 0.05) is 37.0 Å². The first-order valence-electron chi connectivity index (χ1n) is 11.2. The largest absolute Gasteiger partial charge is 0.464 e. The third-order valence-corrected chi connectivity index (χ3v) is 6.16. The minimum absolute atomic E-state index is 0.0121. The van der Waals surface area contributed by atoms with Gasteiger partial charge in [0.2, 0.25) is 11.8 Å². The molecule has 0 bridgehead atoms. The molecule has 2 aliphatic rings. The molecule has 6 heteroatoms. The van der Waals surface area contributed by atoms with E-state index in [1.165, 1.54) is 6.42 Å². The van der Waals surface area contributed by atoms with Crippen molar-refractivity contribution in [3.8, 4) is 6.07 Å². The number of hydrogen-bond acceptors (Lipinski definition) is 4. The molecule has 0 aliphatic heterocycles. The number of carbonyl (C=O) groups is 2. The van der Waals surface area contributed by atoms with Crippen LogP contribution >= 0.6 is 0 Å². The van der Waals surface area contributed by atoms with Gasteiger partial charge in [-0.25, -0.2) is 0 Å². The predicted molar refractivity (Wildman–Crippen MR) is 117 cm³/mol. The van der Waals surface area contributed by atoms with Crippen molar-refractivity contribution in [3.05, 3.63) is 54.0 Å². The van der Waals surface area contributed by atoms with E-state index in [1.54, 1.807) is 4.90 Å². The molecule has 2 atom stereocenters. The molecule has 2 fully saturated rings. The maximum Gasteiger partial charge on any atom is 0.227 e. The molecular weight excluding hydrogens is 390 g/mol. The SMILES string of the molecule is CC1CC1c1ccc(CN(C(=O)CCC(=O)N(CCC#N)c2ccccc2)C2CC2)o1. The molecule has 0 N–H and O–H groups in total. The van der Waals surface area contributed by atoms with Crippen LogP contribution in [0.3, 0.4) is 0 Å². The monoisotopic (exact) mass is 419 g/mol. The Kier molecular flexibility index (Phi) is 6.41. The lowest BCUT2D eigenvalue weighted by Crippen LogP contribution is -2.35. The Morgan fingerprint density at radius 2 is 1.81 bits per heavy atom. The van der Waals surface area contributed by atoms with Crippen molar-refractivity contribution >= 4 is 17.5 Å². The van der Waals surface area contributed by atoms with E-state index in [1.807, 2.05) is 47.4 Å². The second-order valence-electron chi connectivity index (χ2n) is 8.67. The van der Waals surface area contributed by atoms with Gasteiger partial charge >= 0.3 is 0 Å². The molecule has 2 aliphatic carbocycles. The highest BCUT2D eigenvalue weighted by Crippen LogP contribution is 2.47. The van der Waals surface area contributed by atoms with E-state index in [0.717, 1.165) is 30.0 Å². The van der Waals surface area contributed by atoms with Gasteiger partial charge in [0.25, 0.3) is 0 Å².